The van der Waals surface area contributed by atoms with Crippen molar-refractivity contribution < 1.29 is 9.21 Å². The van der Waals surface area contributed by atoms with Crippen molar-refractivity contribution in [2.24, 2.45) is 0 Å². The van der Waals surface area contributed by atoms with Gasteiger partial charge in [-0.25, -0.2) is 4.68 Å². The van der Waals surface area contributed by atoms with Gasteiger partial charge in [0.15, 0.2) is 5.76 Å². The Morgan fingerprint density at radius 2 is 2.22 bits per heavy atom. The van der Waals surface area contributed by atoms with Gasteiger partial charge in [-0.15, -0.1) is 11.3 Å². The molecule has 0 radical (unpaired) electrons. The summed E-state index contributed by atoms with van der Waals surface area (Å²) in [4.78, 5) is 13.5. The van der Waals surface area contributed by atoms with Crippen LogP contribution in [0, 0.1) is 0 Å². The molecule has 3 aromatic rings. The van der Waals surface area contributed by atoms with Crippen molar-refractivity contribution in [1.29, 1.82) is 0 Å². The first-order valence-corrected chi connectivity index (χ1v) is 8.39. The Balaban J connectivity index is 1.77. The minimum atomic E-state index is -0.273. The van der Waals surface area contributed by atoms with Crippen molar-refractivity contribution in [2.45, 2.75) is 26.3 Å². The lowest BCUT2D eigenvalue weighted by molar-refractivity contribution is 0.0994. The molecule has 0 aliphatic heterocycles. The van der Waals surface area contributed by atoms with E-state index in [2.05, 4.69) is 10.4 Å². The summed E-state index contributed by atoms with van der Waals surface area (Å²) < 4.78 is 7.79. The summed E-state index contributed by atoms with van der Waals surface area (Å²) in [6, 6.07) is 7.38. The standard InChI is InChI=1S/C16H16ClN3O2S/c1-10(2)12-6-8-22-15(12)16(21)19-14-5-7-18-20(14)9-11-3-4-13(17)23-11/h3-8,10H,9H2,1-2H3,(H,19,21). The summed E-state index contributed by atoms with van der Waals surface area (Å²) in [5.41, 5.74) is 0.888. The summed E-state index contributed by atoms with van der Waals surface area (Å²) in [6.45, 7) is 4.59. The van der Waals surface area contributed by atoms with Gasteiger partial charge in [-0.05, 0) is 24.1 Å². The molecule has 0 saturated heterocycles. The van der Waals surface area contributed by atoms with Crippen LogP contribution in [0.5, 0.6) is 0 Å². The fraction of sp³-hybridized carbons (Fsp3) is 0.250. The van der Waals surface area contributed by atoms with E-state index >= 15 is 0 Å². The minimum Gasteiger partial charge on any atom is -0.459 e. The number of thiophene rings is 1. The third kappa shape index (κ3) is 3.48. The molecule has 7 heteroatoms. The summed E-state index contributed by atoms with van der Waals surface area (Å²) >= 11 is 7.44. The molecule has 3 rings (SSSR count). The van der Waals surface area contributed by atoms with Gasteiger partial charge in [-0.2, -0.15) is 5.10 Å². The van der Waals surface area contributed by atoms with Crippen LogP contribution in [0.25, 0.3) is 0 Å². The van der Waals surface area contributed by atoms with Crippen LogP contribution in [-0.4, -0.2) is 15.7 Å². The van der Waals surface area contributed by atoms with Crippen molar-refractivity contribution in [3.63, 3.8) is 0 Å². The van der Waals surface area contributed by atoms with Crippen LogP contribution in [0.1, 0.15) is 40.8 Å². The molecule has 0 atom stereocenters. The van der Waals surface area contributed by atoms with Crippen LogP contribution < -0.4 is 5.32 Å². The van der Waals surface area contributed by atoms with Gasteiger partial charge < -0.3 is 9.73 Å². The van der Waals surface area contributed by atoms with E-state index in [-0.39, 0.29) is 11.8 Å². The Kier molecular flexibility index (Phi) is 4.54. The number of halogens is 1. The number of nitrogens with one attached hydrogen (secondary N) is 1. The summed E-state index contributed by atoms with van der Waals surface area (Å²) in [6.07, 6.45) is 3.19. The van der Waals surface area contributed by atoms with Gasteiger partial charge in [-0.1, -0.05) is 25.4 Å². The number of hydrogen-bond donors (Lipinski definition) is 1. The van der Waals surface area contributed by atoms with Crippen molar-refractivity contribution in [1.82, 2.24) is 9.78 Å². The van der Waals surface area contributed by atoms with Crippen molar-refractivity contribution in [3.8, 4) is 0 Å². The Morgan fingerprint density at radius 3 is 2.91 bits per heavy atom. The van der Waals surface area contributed by atoms with Gasteiger partial charge in [0.2, 0.25) is 0 Å². The van der Waals surface area contributed by atoms with Crippen LogP contribution in [0.3, 0.4) is 0 Å². The van der Waals surface area contributed by atoms with E-state index in [0.29, 0.717) is 18.1 Å². The lowest BCUT2D eigenvalue weighted by atomic mass is 10.0. The van der Waals surface area contributed by atoms with Gasteiger partial charge in [0.05, 0.1) is 23.3 Å². The molecule has 1 N–H and O–H groups in total. The average Bonchev–Trinajstić information content (AvgIpc) is 3.21. The van der Waals surface area contributed by atoms with Crippen molar-refractivity contribution in [3.05, 3.63) is 57.3 Å². The van der Waals surface area contributed by atoms with Gasteiger partial charge in [0, 0.05) is 16.5 Å². The van der Waals surface area contributed by atoms with Crippen LogP contribution in [-0.2, 0) is 6.54 Å². The molecule has 120 valence electrons. The molecule has 0 unspecified atom stereocenters. The van der Waals surface area contributed by atoms with E-state index < -0.39 is 0 Å². The van der Waals surface area contributed by atoms with Gasteiger partial charge in [-0.3, -0.25) is 4.79 Å². The van der Waals surface area contributed by atoms with E-state index in [0.717, 1.165) is 14.8 Å². The average molecular weight is 350 g/mol. The second-order valence-corrected chi connectivity index (χ2v) is 7.19. The first-order valence-electron chi connectivity index (χ1n) is 7.19. The molecule has 5 nitrogen and oxygen atoms in total. The van der Waals surface area contributed by atoms with Crippen LogP contribution in [0.2, 0.25) is 4.34 Å². The van der Waals surface area contributed by atoms with Crippen molar-refractivity contribution >= 4 is 34.7 Å². The number of carbonyl (C=O) groups is 1. The van der Waals surface area contributed by atoms with Crippen LogP contribution in [0.4, 0.5) is 5.82 Å². The Hall–Kier alpha value is -2.05. The number of carbonyl (C=O) groups excluding carboxylic acids is 1. The van der Waals surface area contributed by atoms with Crippen LogP contribution in [0.15, 0.2) is 41.1 Å². The third-order valence-electron chi connectivity index (χ3n) is 3.42. The number of amides is 1. The van der Waals surface area contributed by atoms with E-state index in [9.17, 15) is 4.79 Å². The molecule has 0 saturated carbocycles. The predicted octanol–water partition coefficient (Wildman–Crippen LogP) is 4.62. The largest absolute Gasteiger partial charge is 0.459 e. The maximum absolute atomic E-state index is 12.4. The lowest BCUT2D eigenvalue weighted by Crippen LogP contribution is -2.17. The number of rotatable bonds is 5. The molecule has 0 aromatic carbocycles. The van der Waals surface area contributed by atoms with Gasteiger partial charge in [0.1, 0.15) is 5.82 Å². The number of aromatic nitrogens is 2. The first kappa shape index (κ1) is 15.8. The fourth-order valence-electron chi connectivity index (χ4n) is 2.28. The molecular weight excluding hydrogens is 334 g/mol. The lowest BCUT2D eigenvalue weighted by Gasteiger charge is -2.09. The molecule has 0 fully saturated rings. The van der Waals surface area contributed by atoms with E-state index in [4.69, 9.17) is 16.0 Å². The normalized spacial score (nSPS) is 11.1. The molecule has 23 heavy (non-hydrogen) atoms. The molecule has 0 spiro atoms. The molecule has 1 amide bonds. The second kappa shape index (κ2) is 6.60. The maximum atomic E-state index is 12.4. The first-order chi connectivity index (χ1) is 11.0. The Bertz CT molecular complexity index is 819. The highest BCUT2D eigenvalue weighted by atomic mass is 35.5. The Labute approximate surface area is 142 Å². The molecule has 3 aromatic heterocycles. The highest BCUT2D eigenvalue weighted by Crippen LogP contribution is 2.24. The maximum Gasteiger partial charge on any atom is 0.292 e. The molecule has 3 heterocycles. The highest BCUT2D eigenvalue weighted by molar-refractivity contribution is 7.16. The fourth-order valence-corrected chi connectivity index (χ4v) is 3.35. The summed E-state index contributed by atoms with van der Waals surface area (Å²) in [5, 5.41) is 7.10. The van der Waals surface area contributed by atoms with Crippen LogP contribution >= 0.6 is 22.9 Å². The number of hydrogen-bond acceptors (Lipinski definition) is 4. The molecule has 0 aliphatic rings. The highest BCUT2D eigenvalue weighted by Gasteiger charge is 2.19. The van der Waals surface area contributed by atoms with E-state index in [1.165, 1.54) is 17.6 Å². The topological polar surface area (TPSA) is 60.1 Å². The number of furan rings is 1. The zero-order chi connectivity index (χ0) is 16.4. The van der Waals surface area contributed by atoms with E-state index in [1.807, 2.05) is 32.0 Å². The summed E-state index contributed by atoms with van der Waals surface area (Å²) in [7, 11) is 0. The van der Waals surface area contributed by atoms with Crippen molar-refractivity contribution in [2.75, 3.05) is 5.32 Å². The monoisotopic (exact) mass is 349 g/mol. The molecular formula is C16H16ClN3O2S. The Morgan fingerprint density at radius 1 is 1.39 bits per heavy atom. The minimum absolute atomic E-state index is 0.215. The zero-order valence-electron chi connectivity index (χ0n) is 12.7. The SMILES string of the molecule is CC(C)c1ccoc1C(=O)Nc1ccnn1Cc1ccc(Cl)s1. The number of anilines is 1. The zero-order valence-corrected chi connectivity index (χ0v) is 14.3. The van der Waals surface area contributed by atoms with Gasteiger partial charge in [0.25, 0.3) is 5.91 Å². The summed E-state index contributed by atoms with van der Waals surface area (Å²) in [5.74, 6) is 0.898. The number of nitrogens with zero attached hydrogens (tertiary/aromatic N) is 2. The van der Waals surface area contributed by atoms with Gasteiger partial charge >= 0.3 is 0 Å². The molecule has 0 aliphatic carbocycles. The second-order valence-electron chi connectivity index (χ2n) is 5.39. The quantitative estimate of drug-likeness (QED) is 0.731. The predicted molar refractivity (Wildman–Crippen MR) is 91.4 cm³/mol. The smallest absolute Gasteiger partial charge is 0.292 e. The third-order valence-corrected chi connectivity index (χ3v) is 4.63. The molecule has 0 bridgehead atoms. The van der Waals surface area contributed by atoms with E-state index in [1.54, 1.807) is 16.9 Å².